The molecule has 0 bridgehead atoms. The molecule has 0 spiro atoms. The fourth-order valence-electron chi connectivity index (χ4n) is 2.19. The van der Waals surface area contributed by atoms with Crippen LogP contribution >= 0.6 is 11.6 Å². The van der Waals surface area contributed by atoms with E-state index in [4.69, 9.17) is 16.3 Å². The fraction of sp³-hybridized carbons (Fsp3) is 0.500. The first kappa shape index (κ1) is 15.8. The molecule has 2 rings (SSSR count). The van der Waals surface area contributed by atoms with E-state index < -0.39 is 5.41 Å². The van der Waals surface area contributed by atoms with Gasteiger partial charge in [0.15, 0.2) is 6.61 Å². The average molecular weight is 310 g/mol. The summed E-state index contributed by atoms with van der Waals surface area (Å²) in [5, 5.41) is 3.41. The molecule has 1 aliphatic carbocycles. The van der Waals surface area contributed by atoms with E-state index in [1.54, 1.807) is 12.1 Å². The summed E-state index contributed by atoms with van der Waals surface area (Å²) >= 11 is 5.86. The Balaban J connectivity index is 1.91. The van der Waals surface area contributed by atoms with Gasteiger partial charge in [0.1, 0.15) is 0 Å². The largest absolute Gasteiger partial charge is 0.455 e. The first-order valence-corrected chi connectivity index (χ1v) is 7.58. The van der Waals surface area contributed by atoms with E-state index in [0.717, 1.165) is 24.8 Å². The summed E-state index contributed by atoms with van der Waals surface area (Å²) in [4.78, 5) is 23.9. The number of amides is 1. The molecule has 1 atom stereocenters. The Hall–Kier alpha value is -1.55. The number of nitrogens with one attached hydrogen (secondary N) is 1. The average Bonchev–Trinajstić information content (AvgIpc) is 3.27. The zero-order valence-corrected chi connectivity index (χ0v) is 13.1. The number of rotatable bonds is 6. The van der Waals surface area contributed by atoms with Crippen LogP contribution in [0.25, 0.3) is 0 Å². The summed E-state index contributed by atoms with van der Waals surface area (Å²) in [5.74, 6) is -0.589. The Morgan fingerprint density at radius 3 is 2.48 bits per heavy atom. The van der Waals surface area contributed by atoms with Crippen LogP contribution in [0.4, 0.5) is 0 Å². The number of halogens is 1. The van der Waals surface area contributed by atoms with Gasteiger partial charge >= 0.3 is 5.97 Å². The summed E-state index contributed by atoms with van der Waals surface area (Å²) in [5.41, 5.74) is 0.320. The standard InChI is InChI=1S/C16H20ClNO3/c1-3-11(2)18-14(19)10-21-15(20)16(8-9-16)12-4-6-13(17)7-5-12/h4-7,11H,3,8-10H2,1-2H3,(H,18,19)/t11-/m0/s1. The topological polar surface area (TPSA) is 55.4 Å². The second kappa shape index (κ2) is 6.48. The molecular formula is C16H20ClNO3. The molecular weight excluding hydrogens is 290 g/mol. The van der Waals surface area contributed by atoms with Gasteiger partial charge in [0.25, 0.3) is 5.91 Å². The molecule has 0 saturated heterocycles. The second-order valence-electron chi connectivity index (χ2n) is 5.54. The summed E-state index contributed by atoms with van der Waals surface area (Å²) in [6.45, 7) is 3.67. The van der Waals surface area contributed by atoms with Gasteiger partial charge in [0.2, 0.25) is 0 Å². The number of esters is 1. The van der Waals surface area contributed by atoms with Gasteiger partial charge in [0.05, 0.1) is 5.41 Å². The number of benzene rings is 1. The molecule has 1 aromatic rings. The van der Waals surface area contributed by atoms with Gasteiger partial charge in [-0.3, -0.25) is 9.59 Å². The molecule has 1 N–H and O–H groups in total. The van der Waals surface area contributed by atoms with E-state index in [2.05, 4.69) is 5.32 Å². The van der Waals surface area contributed by atoms with Gasteiger partial charge in [-0.1, -0.05) is 30.7 Å². The van der Waals surface area contributed by atoms with E-state index in [1.165, 1.54) is 0 Å². The maximum atomic E-state index is 12.2. The predicted octanol–water partition coefficient (Wildman–Crippen LogP) is 2.83. The van der Waals surface area contributed by atoms with Gasteiger partial charge in [-0.25, -0.2) is 0 Å². The van der Waals surface area contributed by atoms with E-state index in [1.807, 2.05) is 26.0 Å². The predicted molar refractivity (Wildman–Crippen MR) is 81.2 cm³/mol. The van der Waals surface area contributed by atoms with Crippen LogP contribution < -0.4 is 5.32 Å². The highest BCUT2D eigenvalue weighted by Crippen LogP contribution is 2.49. The molecule has 0 heterocycles. The van der Waals surface area contributed by atoms with Crippen molar-refractivity contribution in [1.82, 2.24) is 5.32 Å². The molecule has 0 aromatic heterocycles. The summed E-state index contributed by atoms with van der Waals surface area (Å²) < 4.78 is 5.18. The van der Waals surface area contributed by atoms with E-state index in [9.17, 15) is 9.59 Å². The molecule has 1 amide bonds. The van der Waals surface area contributed by atoms with Crippen LogP contribution in [0.2, 0.25) is 5.02 Å². The van der Waals surface area contributed by atoms with Crippen molar-refractivity contribution in [1.29, 1.82) is 0 Å². The number of hydrogen-bond donors (Lipinski definition) is 1. The lowest BCUT2D eigenvalue weighted by molar-refractivity contribution is -0.151. The van der Waals surface area contributed by atoms with Crippen molar-refractivity contribution in [2.24, 2.45) is 0 Å². The Morgan fingerprint density at radius 1 is 1.33 bits per heavy atom. The SMILES string of the molecule is CC[C@H](C)NC(=O)COC(=O)C1(c2ccc(Cl)cc2)CC1. The van der Waals surface area contributed by atoms with Crippen molar-refractivity contribution in [3.63, 3.8) is 0 Å². The van der Waals surface area contributed by atoms with Crippen molar-refractivity contribution in [3.05, 3.63) is 34.9 Å². The lowest BCUT2D eigenvalue weighted by atomic mass is 9.96. The molecule has 21 heavy (non-hydrogen) atoms. The molecule has 0 radical (unpaired) electrons. The zero-order valence-electron chi connectivity index (χ0n) is 12.3. The first-order valence-electron chi connectivity index (χ1n) is 7.20. The number of ether oxygens (including phenoxy) is 1. The Kier molecular flexibility index (Phi) is 4.88. The monoisotopic (exact) mass is 309 g/mol. The summed E-state index contributed by atoms with van der Waals surface area (Å²) in [6, 6.07) is 7.30. The van der Waals surface area contributed by atoms with Crippen LogP contribution in [-0.2, 0) is 19.7 Å². The highest BCUT2D eigenvalue weighted by molar-refractivity contribution is 6.30. The van der Waals surface area contributed by atoms with Gasteiger partial charge in [-0.2, -0.15) is 0 Å². The molecule has 1 saturated carbocycles. The van der Waals surface area contributed by atoms with E-state index in [0.29, 0.717) is 5.02 Å². The molecule has 0 aliphatic heterocycles. The smallest absolute Gasteiger partial charge is 0.317 e. The molecule has 4 nitrogen and oxygen atoms in total. The van der Waals surface area contributed by atoms with Crippen LogP contribution in [-0.4, -0.2) is 24.5 Å². The van der Waals surface area contributed by atoms with Crippen molar-refractivity contribution in [3.8, 4) is 0 Å². The quantitative estimate of drug-likeness (QED) is 0.822. The molecule has 1 fully saturated rings. The van der Waals surface area contributed by atoms with Crippen LogP contribution in [0.1, 0.15) is 38.7 Å². The minimum absolute atomic E-state index is 0.0855. The number of carbonyl (C=O) groups is 2. The lowest BCUT2D eigenvalue weighted by Gasteiger charge is -2.16. The van der Waals surface area contributed by atoms with E-state index >= 15 is 0 Å². The number of carbonyl (C=O) groups excluding carboxylic acids is 2. The fourth-order valence-corrected chi connectivity index (χ4v) is 2.32. The zero-order chi connectivity index (χ0) is 15.5. The van der Waals surface area contributed by atoms with Gasteiger partial charge in [0, 0.05) is 11.1 Å². The summed E-state index contributed by atoms with van der Waals surface area (Å²) in [7, 11) is 0. The molecule has 114 valence electrons. The Labute approximate surface area is 129 Å². The van der Waals surface area contributed by atoms with Crippen LogP contribution in [0.3, 0.4) is 0 Å². The second-order valence-corrected chi connectivity index (χ2v) is 5.98. The van der Waals surface area contributed by atoms with Gasteiger partial charge < -0.3 is 10.1 Å². The lowest BCUT2D eigenvalue weighted by Crippen LogP contribution is -2.36. The van der Waals surface area contributed by atoms with Crippen molar-refractivity contribution in [2.75, 3.05) is 6.61 Å². The molecule has 1 aromatic carbocycles. The maximum Gasteiger partial charge on any atom is 0.317 e. The maximum absolute atomic E-state index is 12.2. The minimum atomic E-state index is -0.582. The van der Waals surface area contributed by atoms with E-state index in [-0.39, 0.29) is 24.5 Å². The molecule has 5 heteroatoms. The van der Waals surface area contributed by atoms with Gasteiger partial charge in [-0.05, 0) is 43.9 Å². The molecule has 1 aliphatic rings. The van der Waals surface area contributed by atoms with Crippen LogP contribution in [0.15, 0.2) is 24.3 Å². The van der Waals surface area contributed by atoms with Crippen molar-refractivity contribution < 1.29 is 14.3 Å². The Bertz CT molecular complexity index is 523. The normalized spacial score (nSPS) is 16.9. The Morgan fingerprint density at radius 2 is 1.95 bits per heavy atom. The number of hydrogen-bond acceptors (Lipinski definition) is 3. The van der Waals surface area contributed by atoms with Crippen molar-refractivity contribution in [2.45, 2.75) is 44.6 Å². The minimum Gasteiger partial charge on any atom is -0.455 e. The third-order valence-corrected chi connectivity index (χ3v) is 4.14. The van der Waals surface area contributed by atoms with Gasteiger partial charge in [-0.15, -0.1) is 0 Å². The van der Waals surface area contributed by atoms with Crippen LogP contribution in [0, 0.1) is 0 Å². The third kappa shape index (κ3) is 3.76. The molecule has 0 unspecified atom stereocenters. The summed E-state index contributed by atoms with van der Waals surface area (Å²) in [6.07, 6.45) is 2.34. The first-order chi connectivity index (χ1) is 9.98. The third-order valence-electron chi connectivity index (χ3n) is 3.89. The van der Waals surface area contributed by atoms with Crippen molar-refractivity contribution >= 4 is 23.5 Å². The van der Waals surface area contributed by atoms with Crippen LogP contribution in [0.5, 0.6) is 0 Å². The highest BCUT2D eigenvalue weighted by Gasteiger charge is 2.52. The highest BCUT2D eigenvalue weighted by atomic mass is 35.5.